The predicted octanol–water partition coefficient (Wildman–Crippen LogP) is 5.89. The minimum Gasteiger partial charge on any atom is -0.349 e. The Labute approximate surface area is 189 Å². The van der Waals surface area contributed by atoms with Crippen molar-refractivity contribution in [1.29, 1.82) is 0 Å². The number of fused-ring (bicyclic) bond motifs is 1. The van der Waals surface area contributed by atoms with Crippen LogP contribution in [0.3, 0.4) is 0 Å². The average molecular weight is 442 g/mol. The molecular formula is C26H20FN3OS. The fourth-order valence-corrected chi connectivity index (χ4v) is 4.53. The highest BCUT2D eigenvalue weighted by Crippen LogP contribution is 2.31. The summed E-state index contributed by atoms with van der Waals surface area (Å²) in [7, 11) is 0. The molecule has 0 saturated carbocycles. The van der Waals surface area contributed by atoms with E-state index in [0.29, 0.717) is 23.4 Å². The van der Waals surface area contributed by atoms with Gasteiger partial charge in [0.25, 0.3) is 0 Å². The lowest BCUT2D eigenvalue weighted by molar-refractivity contribution is -0.121. The molecule has 0 fully saturated rings. The number of para-hydroxylation sites is 1. The van der Waals surface area contributed by atoms with Crippen molar-refractivity contribution in [3.05, 3.63) is 102 Å². The number of halogens is 1. The molecule has 4 nitrogen and oxygen atoms in total. The molecule has 3 heterocycles. The third-order valence-electron chi connectivity index (χ3n) is 5.36. The van der Waals surface area contributed by atoms with E-state index < -0.39 is 0 Å². The summed E-state index contributed by atoms with van der Waals surface area (Å²) in [5.41, 5.74) is 3.99. The van der Waals surface area contributed by atoms with Crippen LogP contribution in [0.15, 0.2) is 90.4 Å². The van der Waals surface area contributed by atoms with Crippen molar-refractivity contribution in [1.82, 2.24) is 14.9 Å². The first kappa shape index (κ1) is 20.2. The zero-order valence-electron chi connectivity index (χ0n) is 17.2. The monoisotopic (exact) mass is 441 g/mol. The number of carbonyl (C=O) groups excluding carboxylic acids is 1. The van der Waals surface area contributed by atoms with Gasteiger partial charge in [0.15, 0.2) is 0 Å². The van der Waals surface area contributed by atoms with E-state index in [9.17, 15) is 9.18 Å². The topological polar surface area (TPSA) is 46.9 Å². The number of benzene rings is 2. The fourth-order valence-electron chi connectivity index (χ4n) is 3.78. The molecule has 0 bridgehead atoms. The summed E-state index contributed by atoms with van der Waals surface area (Å²) in [6, 6.07) is 24.5. The quantitative estimate of drug-likeness (QED) is 0.357. The fraction of sp³-hybridized carbons (Fsp3) is 0.0769. The molecule has 6 heteroatoms. The highest BCUT2D eigenvalue weighted by Gasteiger charge is 2.14. The second kappa shape index (κ2) is 8.77. The van der Waals surface area contributed by atoms with Crippen LogP contribution in [0.1, 0.15) is 5.69 Å². The molecule has 0 spiro atoms. The Morgan fingerprint density at radius 2 is 1.84 bits per heavy atom. The Hall–Kier alpha value is -3.77. The molecule has 0 aliphatic heterocycles. The summed E-state index contributed by atoms with van der Waals surface area (Å²) < 4.78 is 16.0. The average Bonchev–Trinajstić information content (AvgIpc) is 3.47. The number of pyridine rings is 1. The van der Waals surface area contributed by atoms with Gasteiger partial charge in [-0.3, -0.25) is 9.78 Å². The number of nitrogens with zero attached hydrogens (tertiary/aromatic N) is 2. The van der Waals surface area contributed by atoms with Gasteiger partial charge in [0.2, 0.25) is 5.91 Å². The van der Waals surface area contributed by atoms with Crippen LogP contribution in [0.5, 0.6) is 0 Å². The SMILES string of the molecule is O=C(Cn1c(-c2cccs2)cc2ccccc21)NCc1ccc(-c2ccccc2F)cn1. The summed E-state index contributed by atoms with van der Waals surface area (Å²) in [6.07, 6.45) is 1.63. The van der Waals surface area contributed by atoms with Gasteiger partial charge in [0.05, 0.1) is 22.8 Å². The third kappa shape index (κ3) is 4.05. The van der Waals surface area contributed by atoms with Crippen LogP contribution in [0.25, 0.3) is 32.6 Å². The molecule has 2 aromatic carbocycles. The van der Waals surface area contributed by atoms with Crippen LogP contribution in [-0.2, 0) is 17.9 Å². The maximum atomic E-state index is 14.0. The molecule has 0 saturated heterocycles. The molecule has 5 rings (SSSR count). The number of rotatable bonds is 6. The first-order valence-corrected chi connectivity index (χ1v) is 11.2. The van der Waals surface area contributed by atoms with Crippen LogP contribution in [0.4, 0.5) is 4.39 Å². The molecule has 158 valence electrons. The molecule has 5 aromatic rings. The van der Waals surface area contributed by atoms with Gasteiger partial charge < -0.3 is 9.88 Å². The number of aromatic nitrogens is 2. The van der Waals surface area contributed by atoms with Gasteiger partial charge in [-0.2, -0.15) is 0 Å². The van der Waals surface area contributed by atoms with E-state index in [2.05, 4.69) is 28.5 Å². The third-order valence-corrected chi connectivity index (χ3v) is 6.25. The molecule has 0 unspecified atom stereocenters. The van der Waals surface area contributed by atoms with Gasteiger partial charge in [-0.25, -0.2) is 4.39 Å². The molecule has 0 aliphatic carbocycles. The molecule has 0 aliphatic rings. The number of carbonyl (C=O) groups is 1. The molecule has 1 amide bonds. The number of nitrogens with one attached hydrogen (secondary N) is 1. The molecule has 3 aromatic heterocycles. The van der Waals surface area contributed by atoms with E-state index in [1.807, 2.05) is 46.3 Å². The number of hydrogen-bond acceptors (Lipinski definition) is 3. The summed E-state index contributed by atoms with van der Waals surface area (Å²) in [4.78, 5) is 18.3. The lowest BCUT2D eigenvalue weighted by Gasteiger charge is -2.11. The summed E-state index contributed by atoms with van der Waals surface area (Å²) in [6.45, 7) is 0.526. The summed E-state index contributed by atoms with van der Waals surface area (Å²) in [5.74, 6) is -0.375. The Morgan fingerprint density at radius 1 is 1.00 bits per heavy atom. The van der Waals surface area contributed by atoms with Crippen LogP contribution >= 0.6 is 11.3 Å². The van der Waals surface area contributed by atoms with Crippen LogP contribution in [-0.4, -0.2) is 15.5 Å². The van der Waals surface area contributed by atoms with Crippen LogP contribution in [0, 0.1) is 5.82 Å². The Bertz CT molecular complexity index is 1370. The van der Waals surface area contributed by atoms with Crippen molar-refractivity contribution in [3.8, 4) is 21.7 Å². The lowest BCUT2D eigenvalue weighted by atomic mass is 10.1. The number of hydrogen-bond donors (Lipinski definition) is 1. The maximum Gasteiger partial charge on any atom is 0.240 e. The van der Waals surface area contributed by atoms with Crippen molar-refractivity contribution < 1.29 is 9.18 Å². The summed E-state index contributed by atoms with van der Waals surface area (Å²) in [5, 5.41) is 6.09. The van der Waals surface area contributed by atoms with Crippen LogP contribution in [0.2, 0.25) is 0 Å². The summed E-state index contributed by atoms with van der Waals surface area (Å²) >= 11 is 1.65. The largest absolute Gasteiger partial charge is 0.349 e. The minimum absolute atomic E-state index is 0.0934. The Kier molecular flexibility index (Phi) is 5.52. The molecule has 32 heavy (non-hydrogen) atoms. The second-order valence-electron chi connectivity index (χ2n) is 7.45. The highest BCUT2D eigenvalue weighted by atomic mass is 32.1. The van der Waals surface area contributed by atoms with Crippen molar-refractivity contribution in [2.75, 3.05) is 0 Å². The lowest BCUT2D eigenvalue weighted by Crippen LogP contribution is -2.27. The standard InChI is InChI=1S/C26H20FN3OS/c27-22-8-3-2-7-21(22)19-11-12-20(28-15-19)16-29-26(31)17-30-23-9-4-1-6-18(23)14-24(30)25-10-5-13-32-25/h1-15H,16-17H2,(H,29,31). The van der Waals surface area contributed by atoms with E-state index in [1.54, 1.807) is 35.7 Å². The Balaban J connectivity index is 1.30. The molecule has 0 atom stereocenters. The van der Waals surface area contributed by atoms with Crippen LogP contribution < -0.4 is 5.32 Å². The first-order valence-electron chi connectivity index (χ1n) is 10.3. The number of thiophene rings is 1. The van der Waals surface area contributed by atoms with Gasteiger partial charge >= 0.3 is 0 Å². The molecule has 0 radical (unpaired) electrons. The van der Waals surface area contributed by atoms with Crippen molar-refractivity contribution >= 4 is 28.1 Å². The minimum atomic E-state index is -0.282. The number of amides is 1. The van der Waals surface area contributed by atoms with Crippen molar-refractivity contribution in [2.24, 2.45) is 0 Å². The van der Waals surface area contributed by atoms with Crippen molar-refractivity contribution in [3.63, 3.8) is 0 Å². The van der Waals surface area contributed by atoms with E-state index >= 15 is 0 Å². The Morgan fingerprint density at radius 3 is 2.62 bits per heavy atom. The van der Waals surface area contributed by atoms with Crippen molar-refractivity contribution in [2.45, 2.75) is 13.1 Å². The van der Waals surface area contributed by atoms with Gasteiger partial charge in [-0.1, -0.05) is 48.5 Å². The van der Waals surface area contributed by atoms with E-state index in [4.69, 9.17) is 0 Å². The maximum absolute atomic E-state index is 14.0. The molecule has 1 N–H and O–H groups in total. The zero-order valence-corrected chi connectivity index (χ0v) is 18.0. The normalized spacial score (nSPS) is 11.0. The predicted molar refractivity (Wildman–Crippen MR) is 127 cm³/mol. The van der Waals surface area contributed by atoms with Gasteiger partial charge in [0.1, 0.15) is 12.4 Å². The van der Waals surface area contributed by atoms with Gasteiger partial charge in [0, 0.05) is 28.2 Å². The van der Waals surface area contributed by atoms with E-state index in [1.165, 1.54) is 6.07 Å². The second-order valence-corrected chi connectivity index (χ2v) is 8.39. The first-order chi connectivity index (χ1) is 15.7. The smallest absolute Gasteiger partial charge is 0.240 e. The van der Waals surface area contributed by atoms with E-state index in [0.717, 1.165) is 21.5 Å². The van der Waals surface area contributed by atoms with E-state index in [-0.39, 0.29) is 18.3 Å². The van der Waals surface area contributed by atoms with Gasteiger partial charge in [-0.15, -0.1) is 11.3 Å². The molecular weight excluding hydrogens is 421 g/mol. The highest BCUT2D eigenvalue weighted by molar-refractivity contribution is 7.13. The van der Waals surface area contributed by atoms with Gasteiger partial charge in [-0.05, 0) is 35.7 Å². The zero-order chi connectivity index (χ0) is 21.9.